The number of fused-ring (bicyclic) bond motifs is 1. The van der Waals surface area contributed by atoms with E-state index in [1.807, 2.05) is 12.1 Å². The highest BCUT2D eigenvalue weighted by Crippen LogP contribution is 2.22. The zero-order valence-electron chi connectivity index (χ0n) is 7.51. The maximum Gasteiger partial charge on any atom is 0.278 e. The van der Waals surface area contributed by atoms with Crippen LogP contribution in [0.2, 0.25) is 0 Å². The van der Waals surface area contributed by atoms with Crippen LogP contribution in [0.5, 0.6) is 0 Å². The van der Waals surface area contributed by atoms with Gasteiger partial charge in [0.05, 0.1) is 6.20 Å². The van der Waals surface area contributed by atoms with E-state index in [4.69, 9.17) is 10.7 Å². The van der Waals surface area contributed by atoms with E-state index in [0.717, 1.165) is 5.56 Å². The van der Waals surface area contributed by atoms with Gasteiger partial charge in [0.25, 0.3) is 9.05 Å². The molecule has 0 aromatic heterocycles. The average Bonchev–Trinajstić information content (AvgIpc) is 2.38. The molecule has 1 aliphatic heterocycles. The Bertz CT molecular complexity index is 549. The molecule has 0 bridgehead atoms. The third-order valence-corrected chi connectivity index (χ3v) is 3.12. The van der Waals surface area contributed by atoms with Gasteiger partial charge in [-0.05, 0) is 6.07 Å². The predicted molar refractivity (Wildman–Crippen MR) is 60.5 cm³/mol. The smallest absolute Gasteiger partial charge is 0.278 e. The number of hydrogen-bond donors (Lipinski definition) is 1. The number of rotatable bonds is 1. The van der Waals surface area contributed by atoms with Crippen LogP contribution in [-0.4, -0.2) is 14.6 Å². The van der Waals surface area contributed by atoms with Crippen molar-refractivity contribution in [3.8, 4) is 0 Å². The van der Waals surface area contributed by atoms with E-state index in [2.05, 4.69) is 10.3 Å². The lowest BCUT2D eigenvalue weighted by Crippen LogP contribution is -2.06. The van der Waals surface area contributed by atoms with Gasteiger partial charge in [0.15, 0.2) is 5.03 Å². The number of para-hydroxylation sites is 1. The van der Waals surface area contributed by atoms with Crippen molar-refractivity contribution in [2.45, 2.75) is 0 Å². The van der Waals surface area contributed by atoms with Gasteiger partial charge in [-0.1, -0.05) is 18.2 Å². The first kappa shape index (κ1) is 10.2. The van der Waals surface area contributed by atoms with Crippen LogP contribution >= 0.6 is 10.7 Å². The zero-order chi connectivity index (χ0) is 10.9. The summed E-state index contributed by atoms with van der Waals surface area (Å²) >= 11 is 0. The molecular formula is C9H7ClN2O2S. The SMILES string of the molecule is O=S(=O)(Cl)C1=CN=Cc2ccccc2N1. The van der Waals surface area contributed by atoms with Crippen LogP contribution in [0.1, 0.15) is 5.56 Å². The predicted octanol–water partition coefficient (Wildman–Crippen LogP) is 1.90. The fourth-order valence-electron chi connectivity index (χ4n) is 1.20. The Morgan fingerprint density at radius 3 is 2.73 bits per heavy atom. The molecule has 0 aliphatic carbocycles. The number of anilines is 1. The molecule has 6 heteroatoms. The minimum Gasteiger partial charge on any atom is -0.343 e. The van der Waals surface area contributed by atoms with Crippen LogP contribution in [0.25, 0.3) is 0 Å². The van der Waals surface area contributed by atoms with Crippen LogP contribution in [-0.2, 0) is 9.05 Å². The Balaban J connectivity index is 2.49. The molecule has 15 heavy (non-hydrogen) atoms. The summed E-state index contributed by atoms with van der Waals surface area (Å²) in [7, 11) is 1.44. The van der Waals surface area contributed by atoms with Crippen molar-refractivity contribution < 1.29 is 8.42 Å². The normalized spacial score (nSPS) is 14.9. The summed E-state index contributed by atoms with van der Waals surface area (Å²) in [5, 5.41) is 2.60. The van der Waals surface area contributed by atoms with Gasteiger partial charge in [-0.15, -0.1) is 0 Å². The minimum absolute atomic E-state index is 0.120. The Morgan fingerprint density at radius 2 is 2.00 bits per heavy atom. The van der Waals surface area contributed by atoms with E-state index in [1.165, 1.54) is 6.20 Å². The number of aliphatic imine (C=N–C) groups is 1. The first-order valence-corrected chi connectivity index (χ1v) is 6.42. The summed E-state index contributed by atoms with van der Waals surface area (Å²) in [6.07, 6.45) is 2.75. The molecule has 1 aromatic carbocycles. The molecule has 0 amide bonds. The van der Waals surface area contributed by atoms with Crippen LogP contribution < -0.4 is 5.32 Å². The lowest BCUT2D eigenvalue weighted by molar-refractivity contribution is 0.615. The second-order valence-electron chi connectivity index (χ2n) is 2.92. The summed E-state index contributed by atoms with van der Waals surface area (Å²) in [5.74, 6) is 0. The van der Waals surface area contributed by atoms with Gasteiger partial charge in [0.2, 0.25) is 0 Å². The van der Waals surface area contributed by atoms with Gasteiger partial charge in [-0.25, -0.2) is 8.42 Å². The number of hydrogen-bond acceptors (Lipinski definition) is 4. The van der Waals surface area contributed by atoms with Crippen molar-refractivity contribution in [2.24, 2.45) is 4.99 Å². The van der Waals surface area contributed by atoms with Crippen LogP contribution in [0.15, 0.2) is 40.5 Å². The molecule has 0 saturated carbocycles. The van der Waals surface area contributed by atoms with Gasteiger partial charge in [0, 0.05) is 28.1 Å². The van der Waals surface area contributed by atoms with Gasteiger partial charge in [0.1, 0.15) is 0 Å². The molecular weight excluding hydrogens is 236 g/mol. The minimum atomic E-state index is -3.78. The highest BCUT2D eigenvalue weighted by atomic mass is 35.7. The molecule has 1 heterocycles. The lowest BCUT2D eigenvalue weighted by atomic mass is 10.2. The Kier molecular flexibility index (Phi) is 2.50. The third-order valence-electron chi connectivity index (χ3n) is 1.89. The van der Waals surface area contributed by atoms with Gasteiger partial charge in [-0.2, -0.15) is 0 Å². The molecule has 0 atom stereocenters. The molecule has 0 radical (unpaired) electrons. The van der Waals surface area contributed by atoms with E-state index in [1.54, 1.807) is 18.3 Å². The molecule has 78 valence electrons. The standard InChI is InChI=1S/C9H7ClN2O2S/c10-15(13,14)9-6-11-5-7-3-1-2-4-8(7)12-9/h1-6,12H. The van der Waals surface area contributed by atoms with Gasteiger partial charge in [-0.3, -0.25) is 4.99 Å². The number of benzene rings is 1. The Labute approximate surface area is 91.7 Å². The quantitative estimate of drug-likeness (QED) is 0.766. The van der Waals surface area contributed by atoms with Crippen LogP contribution in [0, 0.1) is 0 Å². The summed E-state index contributed by atoms with van der Waals surface area (Å²) in [5.41, 5.74) is 1.47. The summed E-state index contributed by atoms with van der Waals surface area (Å²) in [6.45, 7) is 0. The van der Waals surface area contributed by atoms with Gasteiger partial charge < -0.3 is 5.32 Å². The molecule has 1 aliphatic rings. The van der Waals surface area contributed by atoms with Crippen molar-refractivity contribution in [1.29, 1.82) is 0 Å². The van der Waals surface area contributed by atoms with Crippen molar-refractivity contribution in [1.82, 2.24) is 0 Å². The highest BCUT2D eigenvalue weighted by molar-refractivity contribution is 8.16. The van der Waals surface area contributed by atoms with Crippen LogP contribution in [0.3, 0.4) is 0 Å². The second kappa shape index (κ2) is 3.67. The fraction of sp³-hybridized carbons (Fsp3) is 0. The first-order valence-electron chi connectivity index (χ1n) is 4.11. The van der Waals surface area contributed by atoms with Crippen molar-refractivity contribution in [3.63, 3.8) is 0 Å². The average molecular weight is 243 g/mol. The number of nitrogens with zero attached hydrogens (tertiary/aromatic N) is 1. The van der Waals surface area contributed by atoms with E-state index < -0.39 is 9.05 Å². The first-order chi connectivity index (χ1) is 7.07. The fourth-order valence-corrected chi connectivity index (χ4v) is 1.85. The third kappa shape index (κ3) is 2.19. The summed E-state index contributed by atoms with van der Waals surface area (Å²) in [6, 6.07) is 7.21. The van der Waals surface area contributed by atoms with Crippen LogP contribution in [0.4, 0.5) is 5.69 Å². The molecule has 0 spiro atoms. The monoisotopic (exact) mass is 242 g/mol. The van der Waals surface area contributed by atoms with Gasteiger partial charge >= 0.3 is 0 Å². The van der Waals surface area contributed by atoms with Crippen molar-refractivity contribution in [2.75, 3.05) is 5.32 Å². The maximum atomic E-state index is 11.1. The van der Waals surface area contributed by atoms with E-state index in [0.29, 0.717) is 5.69 Å². The van der Waals surface area contributed by atoms with E-state index in [9.17, 15) is 8.42 Å². The molecule has 0 unspecified atom stereocenters. The molecule has 1 aromatic rings. The summed E-state index contributed by atoms with van der Waals surface area (Å²) < 4.78 is 22.2. The molecule has 0 fully saturated rings. The highest BCUT2D eigenvalue weighted by Gasteiger charge is 2.16. The lowest BCUT2D eigenvalue weighted by Gasteiger charge is -2.07. The number of nitrogens with one attached hydrogen (secondary N) is 1. The second-order valence-corrected chi connectivity index (χ2v) is 5.46. The largest absolute Gasteiger partial charge is 0.343 e. The molecule has 1 N–H and O–H groups in total. The van der Waals surface area contributed by atoms with Crippen molar-refractivity contribution >= 4 is 31.6 Å². The summed E-state index contributed by atoms with van der Waals surface area (Å²) in [4.78, 5) is 3.85. The van der Waals surface area contributed by atoms with Crippen molar-refractivity contribution in [3.05, 3.63) is 41.1 Å². The van der Waals surface area contributed by atoms with E-state index >= 15 is 0 Å². The topological polar surface area (TPSA) is 58.5 Å². The molecule has 4 nitrogen and oxygen atoms in total. The van der Waals surface area contributed by atoms with E-state index in [-0.39, 0.29) is 5.03 Å². The maximum absolute atomic E-state index is 11.1. The Hall–Kier alpha value is -1.33. The molecule has 0 saturated heterocycles. The zero-order valence-corrected chi connectivity index (χ0v) is 9.09. The molecule has 2 rings (SSSR count). The Morgan fingerprint density at radius 1 is 1.27 bits per heavy atom. The number of halogens is 1.